The molecule has 1 aliphatic heterocycles. The van der Waals surface area contributed by atoms with Gasteiger partial charge in [-0.15, -0.1) is 0 Å². The first-order chi connectivity index (χ1) is 14.6. The molecule has 3 heteroatoms. The van der Waals surface area contributed by atoms with E-state index in [4.69, 9.17) is 0 Å². The molecule has 0 N–H and O–H groups in total. The van der Waals surface area contributed by atoms with Gasteiger partial charge in [0, 0.05) is 31.9 Å². The van der Waals surface area contributed by atoms with E-state index in [0.29, 0.717) is 5.92 Å². The van der Waals surface area contributed by atoms with Crippen molar-refractivity contribution in [2.75, 3.05) is 33.1 Å². The zero-order chi connectivity index (χ0) is 22.5. The normalized spacial score (nSPS) is 16.8. The van der Waals surface area contributed by atoms with Crippen LogP contribution in [0.4, 0.5) is 5.69 Å². The maximum Gasteiger partial charge on any atom is 0.199 e. The zero-order valence-electron chi connectivity index (χ0n) is 20.2. The minimum absolute atomic E-state index is 0.543. The van der Waals surface area contributed by atoms with Crippen LogP contribution in [0.5, 0.6) is 0 Å². The van der Waals surface area contributed by atoms with Crippen LogP contribution in [0, 0.1) is 0 Å². The molecule has 0 fully saturated rings. The third-order valence-electron chi connectivity index (χ3n) is 6.79. The van der Waals surface area contributed by atoms with E-state index in [0.717, 1.165) is 0 Å². The van der Waals surface area contributed by atoms with Crippen molar-refractivity contribution in [2.24, 2.45) is 0 Å². The Kier molecular flexibility index (Phi) is 5.43. The lowest BCUT2D eigenvalue weighted by Crippen LogP contribution is -2.49. The van der Waals surface area contributed by atoms with Gasteiger partial charge < -0.3 is 4.90 Å². The highest BCUT2D eigenvalue weighted by Crippen LogP contribution is 2.41. The second-order valence-electron chi connectivity index (χ2n) is 10.0. The summed E-state index contributed by atoms with van der Waals surface area (Å²) in [5.41, 5.74) is 9.45. The van der Waals surface area contributed by atoms with E-state index in [2.05, 4.69) is 125 Å². The molecule has 0 bridgehead atoms. The minimum atomic E-state index is -1.86. The maximum absolute atomic E-state index is 2.50. The van der Waals surface area contributed by atoms with E-state index in [1.54, 1.807) is 0 Å². The molecule has 0 spiro atoms. The zero-order valence-corrected chi connectivity index (χ0v) is 21.2. The molecule has 0 saturated heterocycles. The van der Waals surface area contributed by atoms with E-state index in [9.17, 15) is 0 Å². The molecular weight excluding hydrogens is 392 g/mol. The third kappa shape index (κ3) is 3.65. The summed E-state index contributed by atoms with van der Waals surface area (Å²) in [5, 5.41) is 3.06. The first-order valence-corrected chi connectivity index (χ1v) is 14.2. The van der Waals surface area contributed by atoms with E-state index < -0.39 is 8.07 Å². The van der Waals surface area contributed by atoms with Crippen molar-refractivity contribution in [3.05, 3.63) is 88.2 Å². The van der Waals surface area contributed by atoms with E-state index in [1.807, 2.05) is 0 Å². The Labute approximate surface area is 188 Å². The van der Waals surface area contributed by atoms with E-state index >= 15 is 0 Å². The molecule has 0 amide bonds. The monoisotopic (exact) mass is 427 g/mol. The summed E-state index contributed by atoms with van der Waals surface area (Å²) in [6, 6.07) is 16.3. The van der Waals surface area contributed by atoms with Crippen LogP contribution in [0.3, 0.4) is 0 Å². The van der Waals surface area contributed by atoms with Gasteiger partial charge in [0.2, 0.25) is 0 Å². The minimum Gasteiger partial charge on any atom is -0.378 e. The molecule has 0 radical (unpaired) electrons. The van der Waals surface area contributed by atoms with Crippen LogP contribution in [-0.4, -0.2) is 46.6 Å². The number of rotatable bonds is 3. The lowest BCUT2D eigenvalue weighted by molar-refractivity contribution is -0.462. The summed E-state index contributed by atoms with van der Waals surface area (Å²) < 4.78 is 2.22. The molecule has 0 unspecified atom stereocenters. The lowest BCUT2D eigenvalue weighted by atomic mass is 9.88. The first-order valence-electron chi connectivity index (χ1n) is 11.2. The highest BCUT2D eigenvalue weighted by Gasteiger charge is 2.40. The molecule has 2 nitrogen and oxygen atoms in total. The molecule has 160 valence electrons. The van der Waals surface area contributed by atoms with Crippen molar-refractivity contribution in [1.29, 1.82) is 0 Å². The predicted molar refractivity (Wildman–Crippen MR) is 139 cm³/mol. The summed E-state index contributed by atoms with van der Waals surface area (Å²) in [6.45, 7) is 9.52. The molecular formula is C28H35N2Si+. The molecule has 4 rings (SSSR count). The van der Waals surface area contributed by atoms with Crippen LogP contribution in [-0.2, 0) is 0 Å². The van der Waals surface area contributed by atoms with Gasteiger partial charge in [-0.25, -0.2) is 4.58 Å². The van der Waals surface area contributed by atoms with Crippen molar-refractivity contribution < 1.29 is 4.58 Å². The number of hydrogen-bond acceptors (Lipinski definition) is 1. The second kappa shape index (κ2) is 7.80. The smallest absolute Gasteiger partial charge is 0.199 e. The van der Waals surface area contributed by atoms with Gasteiger partial charge in [0.15, 0.2) is 5.71 Å². The average molecular weight is 428 g/mol. The highest BCUT2D eigenvalue weighted by atomic mass is 28.3. The van der Waals surface area contributed by atoms with E-state index in [-0.39, 0.29) is 0 Å². The summed E-state index contributed by atoms with van der Waals surface area (Å²) in [7, 11) is 6.66. The number of anilines is 1. The van der Waals surface area contributed by atoms with E-state index in [1.165, 1.54) is 49.6 Å². The van der Waals surface area contributed by atoms with Crippen LogP contribution < -0.4 is 10.1 Å². The van der Waals surface area contributed by atoms with Gasteiger partial charge in [-0.05, 0) is 62.3 Å². The number of benzene rings is 2. The average Bonchev–Trinajstić information content (AvgIpc) is 2.73. The van der Waals surface area contributed by atoms with Gasteiger partial charge in [-0.2, -0.15) is 0 Å². The predicted octanol–water partition coefficient (Wildman–Crippen LogP) is 5.36. The lowest BCUT2D eigenvalue weighted by Gasteiger charge is -2.38. The molecule has 2 aromatic carbocycles. The number of nitrogens with zero attached hydrogens (tertiary/aromatic N) is 2. The maximum atomic E-state index is 2.50. The van der Waals surface area contributed by atoms with Gasteiger partial charge in [-0.3, -0.25) is 0 Å². The molecule has 0 aromatic heterocycles. The fraction of sp³-hybridized carbons (Fsp3) is 0.321. The van der Waals surface area contributed by atoms with Crippen molar-refractivity contribution in [3.63, 3.8) is 0 Å². The van der Waals surface area contributed by atoms with Crippen molar-refractivity contribution >= 4 is 30.2 Å². The molecule has 1 heterocycles. The number of allylic oxidation sites excluding steroid dienone is 5. The van der Waals surface area contributed by atoms with Crippen LogP contribution in [0.1, 0.15) is 36.5 Å². The van der Waals surface area contributed by atoms with Crippen molar-refractivity contribution in [3.8, 4) is 0 Å². The quantitative estimate of drug-likeness (QED) is 0.472. The second-order valence-corrected chi connectivity index (χ2v) is 14.4. The standard InChI is InChI=1S/C28H35N2Si/c1-19(2)20-9-11-21(12-10-20)28-24-15-13-22(29(3)4)17-26(24)31(7,8)27-18-23(30(5)6)14-16-25(27)28/h9-19H,1-8H3/q+1. The molecule has 31 heavy (non-hydrogen) atoms. The van der Waals surface area contributed by atoms with Crippen molar-refractivity contribution in [2.45, 2.75) is 32.9 Å². The summed E-state index contributed by atoms with van der Waals surface area (Å²) in [6.07, 6.45) is 7.06. The molecule has 2 aliphatic rings. The SMILES string of the molecule is CC(C)c1ccc(C2=C3C=CC(=[N+](C)C)C=C3[Si](C)(C)c3cc(N(C)C)ccc32)cc1. The van der Waals surface area contributed by atoms with Gasteiger partial charge in [0.05, 0.1) is 0 Å². The molecule has 1 aliphatic carbocycles. The third-order valence-corrected chi connectivity index (χ3v) is 10.3. The van der Waals surface area contributed by atoms with Gasteiger partial charge >= 0.3 is 0 Å². The topological polar surface area (TPSA) is 6.25 Å². The van der Waals surface area contributed by atoms with Crippen LogP contribution >= 0.6 is 0 Å². The number of hydrogen-bond donors (Lipinski definition) is 0. The summed E-state index contributed by atoms with van der Waals surface area (Å²) >= 11 is 0. The van der Waals surface area contributed by atoms with Gasteiger partial charge in [0.1, 0.15) is 22.2 Å². The Morgan fingerprint density at radius 1 is 0.903 bits per heavy atom. The first kappa shape index (κ1) is 21.6. The largest absolute Gasteiger partial charge is 0.378 e. The number of fused-ring (bicyclic) bond motifs is 2. The fourth-order valence-electron chi connectivity index (χ4n) is 4.73. The highest BCUT2D eigenvalue weighted by molar-refractivity contribution is 6.98. The Bertz CT molecular complexity index is 1150. The van der Waals surface area contributed by atoms with Crippen LogP contribution in [0.15, 0.2) is 71.5 Å². The van der Waals surface area contributed by atoms with Crippen molar-refractivity contribution in [1.82, 2.24) is 0 Å². The Hall–Kier alpha value is -2.65. The summed E-state index contributed by atoms with van der Waals surface area (Å²) in [4.78, 5) is 2.22. The molecule has 0 atom stereocenters. The Morgan fingerprint density at radius 2 is 1.58 bits per heavy atom. The van der Waals surface area contributed by atoms with Gasteiger partial charge in [0.25, 0.3) is 0 Å². The summed E-state index contributed by atoms with van der Waals surface area (Å²) in [5.74, 6) is 0.543. The van der Waals surface area contributed by atoms with Crippen LogP contribution in [0.25, 0.3) is 5.57 Å². The fourth-order valence-corrected chi connectivity index (χ4v) is 7.80. The Balaban J connectivity index is 2.03. The molecule has 0 saturated carbocycles. The van der Waals surface area contributed by atoms with Crippen LogP contribution in [0.2, 0.25) is 13.1 Å². The molecule has 2 aromatic rings. The van der Waals surface area contributed by atoms with Gasteiger partial charge in [-0.1, -0.05) is 57.3 Å². The Morgan fingerprint density at radius 3 is 2.16 bits per heavy atom.